The molecule has 84 valence electrons. The van der Waals surface area contributed by atoms with Gasteiger partial charge in [-0.2, -0.15) is 5.10 Å². The van der Waals surface area contributed by atoms with E-state index in [4.69, 9.17) is 4.74 Å². The van der Waals surface area contributed by atoms with Crippen molar-refractivity contribution >= 4 is 16.9 Å². The van der Waals surface area contributed by atoms with Crippen LogP contribution in [0.4, 0.5) is 0 Å². The Labute approximate surface area is 92.6 Å². The van der Waals surface area contributed by atoms with E-state index in [-0.39, 0.29) is 12.5 Å². The number of esters is 1. The lowest BCUT2D eigenvalue weighted by molar-refractivity contribution is -0.141. The summed E-state index contributed by atoms with van der Waals surface area (Å²) in [6, 6.07) is 5.57. The largest absolute Gasteiger partial charge is 0.497 e. The topological polar surface area (TPSA) is 53.4 Å². The van der Waals surface area contributed by atoms with Crippen molar-refractivity contribution in [3.05, 3.63) is 24.4 Å². The molecule has 0 atom stereocenters. The molecule has 0 bridgehead atoms. The second-order valence-electron chi connectivity index (χ2n) is 3.30. The van der Waals surface area contributed by atoms with Crippen molar-refractivity contribution in [1.82, 2.24) is 9.78 Å². The summed E-state index contributed by atoms with van der Waals surface area (Å²) in [4.78, 5) is 11.1. The molecule has 1 aromatic carbocycles. The van der Waals surface area contributed by atoms with Gasteiger partial charge in [-0.3, -0.25) is 9.48 Å². The second kappa shape index (κ2) is 4.22. The van der Waals surface area contributed by atoms with E-state index in [1.807, 2.05) is 18.2 Å². The van der Waals surface area contributed by atoms with Crippen molar-refractivity contribution in [2.24, 2.45) is 0 Å². The summed E-state index contributed by atoms with van der Waals surface area (Å²) in [6.07, 6.45) is 1.70. The summed E-state index contributed by atoms with van der Waals surface area (Å²) in [6.45, 7) is 0.117. The van der Waals surface area contributed by atoms with Crippen molar-refractivity contribution in [2.45, 2.75) is 6.54 Å². The molecule has 0 saturated heterocycles. The number of hydrogen-bond acceptors (Lipinski definition) is 4. The number of nitrogens with zero attached hydrogens (tertiary/aromatic N) is 2. The van der Waals surface area contributed by atoms with Crippen molar-refractivity contribution in [3.8, 4) is 5.75 Å². The number of benzene rings is 1. The minimum Gasteiger partial charge on any atom is -0.497 e. The number of fused-ring (bicyclic) bond motifs is 1. The zero-order valence-electron chi connectivity index (χ0n) is 9.14. The molecule has 1 heterocycles. The van der Waals surface area contributed by atoms with Crippen molar-refractivity contribution in [2.75, 3.05) is 14.2 Å². The average Bonchev–Trinajstić information content (AvgIpc) is 2.71. The fourth-order valence-electron chi connectivity index (χ4n) is 1.50. The second-order valence-corrected chi connectivity index (χ2v) is 3.30. The summed E-state index contributed by atoms with van der Waals surface area (Å²) < 4.78 is 11.3. The van der Waals surface area contributed by atoms with Gasteiger partial charge in [0.25, 0.3) is 0 Å². The maximum absolute atomic E-state index is 11.1. The number of rotatable bonds is 3. The van der Waals surface area contributed by atoms with Crippen LogP contribution < -0.4 is 4.74 Å². The van der Waals surface area contributed by atoms with Crippen LogP contribution in [0.25, 0.3) is 10.9 Å². The van der Waals surface area contributed by atoms with Gasteiger partial charge in [-0.1, -0.05) is 0 Å². The Morgan fingerprint density at radius 3 is 2.94 bits per heavy atom. The Morgan fingerprint density at radius 1 is 1.44 bits per heavy atom. The summed E-state index contributed by atoms with van der Waals surface area (Å²) in [5.41, 5.74) is 0.881. The van der Waals surface area contributed by atoms with Crippen LogP contribution in [0.15, 0.2) is 24.4 Å². The van der Waals surface area contributed by atoms with Gasteiger partial charge in [0.05, 0.1) is 25.9 Å². The fourth-order valence-corrected chi connectivity index (χ4v) is 1.50. The summed E-state index contributed by atoms with van der Waals surface area (Å²) >= 11 is 0. The van der Waals surface area contributed by atoms with Gasteiger partial charge in [-0.15, -0.1) is 0 Å². The Hall–Kier alpha value is -2.04. The third-order valence-electron chi connectivity index (χ3n) is 2.36. The van der Waals surface area contributed by atoms with Gasteiger partial charge in [-0.25, -0.2) is 0 Å². The highest BCUT2D eigenvalue weighted by atomic mass is 16.5. The molecule has 2 rings (SSSR count). The smallest absolute Gasteiger partial charge is 0.327 e. The van der Waals surface area contributed by atoms with Crippen molar-refractivity contribution < 1.29 is 14.3 Å². The van der Waals surface area contributed by atoms with Gasteiger partial charge in [0.2, 0.25) is 0 Å². The quantitative estimate of drug-likeness (QED) is 0.730. The number of ether oxygens (including phenoxy) is 2. The molecule has 0 fully saturated rings. The SMILES string of the molecule is COC(=O)Cn1ncc2cc(OC)ccc21. The van der Waals surface area contributed by atoms with Crippen LogP contribution in [0.1, 0.15) is 0 Å². The molecule has 5 nitrogen and oxygen atoms in total. The van der Waals surface area contributed by atoms with Crippen molar-refractivity contribution in [1.29, 1.82) is 0 Å². The van der Waals surface area contributed by atoms with Crippen LogP contribution in [-0.2, 0) is 16.1 Å². The van der Waals surface area contributed by atoms with Gasteiger partial charge < -0.3 is 9.47 Å². The number of methoxy groups -OCH3 is 2. The maximum atomic E-state index is 11.1. The molecule has 5 heteroatoms. The summed E-state index contributed by atoms with van der Waals surface area (Å²) in [5.74, 6) is 0.450. The molecule has 0 radical (unpaired) electrons. The monoisotopic (exact) mass is 220 g/mol. The minimum atomic E-state index is -0.319. The Morgan fingerprint density at radius 2 is 2.25 bits per heavy atom. The normalized spacial score (nSPS) is 10.4. The van der Waals surface area contributed by atoms with Crippen LogP contribution in [0, 0.1) is 0 Å². The Bertz CT molecular complexity index is 519. The number of aromatic nitrogens is 2. The van der Waals surface area contributed by atoms with E-state index >= 15 is 0 Å². The number of carbonyl (C=O) groups is 1. The van der Waals surface area contributed by atoms with Gasteiger partial charge in [0.1, 0.15) is 12.3 Å². The highest BCUT2D eigenvalue weighted by Gasteiger charge is 2.07. The predicted molar refractivity (Wildman–Crippen MR) is 58.3 cm³/mol. The molecule has 0 unspecified atom stereocenters. The van der Waals surface area contributed by atoms with Gasteiger partial charge >= 0.3 is 5.97 Å². The zero-order chi connectivity index (χ0) is 11.5. The molecule has 0 aliphatic heterocycles. The molecule has 0 aliphatic rings. The van der Waals surface area contributed by atoms with Gasteiger partial charge in [0.15, 0.2) is 0 Å². The molecular weight excluding hydrogens is 208 g/mol. The number of hydrogen-bond donors (Lipinski definition) is 0. The Balaban J connectivity index is 2.37. The maximum Gasteiger partial charge on any atom is 0.327 e. The highest BCUT2D eigenvalue weighted by Crippen LogP contribution is 2.20. The van der Waals surface area contributed by atoms with E-state index < -0.39 is 0 Å². The lowest BCUT2D eigenvalue weighted by atomic mass is 10.2. The molecule has 0 aliphatic carbocycles. The predicted octanol–water partition coefficient (Wildman–Crippen LogP) is 1.22. The average molecular weight is 220 g/mol. The van der Waals surface area contributed by atoms with Crippen LogP contribution in [0.3, 0.4) is 0 Å². The lowest BCUT2D eigenvalue weighted by Gasteiger charge is -2.02. The van der Waals surface area contributed by atoms with E-state index in [1.165, 1.54) is 7.11 Å². The summed E-state index contributed by atoms with van der Waals surface area (Å²) in [5, 5.41) is 5.05. The molecule has 16 heavy (non-hydrogen) atoms. The van der Waals surface area contributed by atoms with E-state index in [2.05, 4.69) is 9.84 Å². The van der Waals surface area contributed by atoms with E-state index in [0.29, 0.717) is 0 Å². The van der Waals surface area contributed by atoms with Crippen LogP contribution in [0.5, 0.6) is 5.75 Å². The standard InChI is InChI=1S/C11H12N2O3/c1-15-9-3-4-10-8(5-9)6-12-13(10)7-11(14)16-2/h3-6H,7H2,1-2H3. The van der Waals surface area contributed by atoms with E-state index in [1.54, 1.807) is 18.0 Å². The van der Waals surface area contributed by atoms with Crippen LogP contribution >= 0.6 is 0 Å². The first kappa shape index (κ1) is 10.5. The van der Waals surface area contributed by atoms with Crippen LogP contribution in [0.2, 0.25) is 0 Å². The fraction of sp³-hybridized carbons (Fsp3) is 0.273. The van der Waals surface area contributed by atoms with E-state index in [9.17, 15) is 4.79 Å². The molecular formula is C11H12N2O3. The molecule has 0 amide bonds. The number of carbonyl (C=O) groups excluding carboxylic acids is 1. The molecule has 0 spiro atoms. The first-order valence-electron chi connectivity index (χ1n) is 4.81. The van der Waals surface area contributed by atoms with Gasteiger partial charge in [-0.05, 0) is 18.2 Å². The minimum absolute atomic E-state index is 0.117. The Kier molecular flexibility index (Phi) is 2.76. The van der Waals surface area contributed by atoms with Gasteiger partial charge in [0, 0.05) is 5.39 Å². The lowest BCUT2D eigenvalue weighted by Crippen LogP contribution is -2.12. The summed E-state index contributed by atoms with van der Waals surface area (Å²) in [7, 11) is 2.97. The third kappa shape index (κ3) is 1.84. The third-order valence-corrected chi connectivity index (χ3v) is 2.36. The molecule has 2 aromatic rings. The first-order valence-corrected chi connectivity index (χ1v) is 4.81. The molecule has 0 N–H and O–H groups in total. The van der Waals surface area contributed by atoms with E-state index in [0.717, 1.165) is 16.7 Å². The van der Waals surface area contributed by atoms with Crippen molar-refractivity contribution in [3.63, 3.8) is 0 Å². The highest BCUT2D eigenvalue weighted by molar-refractivity contribution is 5.81. The van der Waals surface area contributed by atoms with Crippen LogP contribution in [-0.4, -0.2) is 30.0 Å². The molecule has 1 aromatic heterocycles. The first-order chi connectivity index (χ1) is 7.74. The zero-order valence-corrected chi connectivity index (χ0v) is 9.14. The molecule has 0 saturated carbocycles.